The minimum atomic E-state index is -1.25. The van der Waals surface area contributed by atoms with E-state index in [1.54, 1.807) is 0 Å². The van der Waals surface area contributed by atoms with Gasteiger partial charge < -0.3 is 10.8 Å². The van der Waals surface area contributed by atoms with Gasteiger partial charge in [0.05, 0.1) is 4.92 Å². The van der Waals surface area contributed by atoms with Gasteiger partial charge in [0.25, 0.3) is 5.69 Å². The number of benzene rings is 1. The molecule has 0 aliphatic rings. The lowest BCUT2D eigenvalue weighted by atomic mass is 10.0. The molecule has 1 aromatic rings. The highest BCUT2D eigenvalue weighted by Crippen LogP contribution is 2.26. The Labute approximate surface area is 101 Å². The first-order valence-electron chi connectivity index (χ1n) is 4.76. The average molecular weight is 251 g/mol. The first kappa shape index (κ1) is 13.4. The number of nitro groups is 1. The van der Waals surface area contributed by atoms with Gasteiger partial charge in [0.2, 0.25) is 0 Å². The van der Waals surface area contributed by atoms with Crippen molar-refractivity contribution in [2.45, 2.75) is 12.5 Å². The van der Waals surface area contributed by atoms with Gasteiger partial charge >= 0.3 is 5.97 Å². The molecule has 0 radical (unpaired) electrons. The van der Waals surface area contributed by atoms with Crippen LogP contribution >= 0.6 is 0 Å². The van der Waals surface area contributed by atoms with Crippen molar-refractivity contribution in [3.8, 4) is 0 Å². The second kappa shape index (κ2) is 5.62. The van der Waals surface area contributed by atoms with E-state index in [0.29, 0.717) is 0 Å². The second-order valence-electron chi connectivity index (χ2n) is 3.41. The fourth-order valence-corrected chi connectivity index (χ4v) is 1.33. The van der Waals surface area contributed by atoms with E-state index in [4.69, 9.17) is 16.4 Å². The van der Waals surface area contributed by atoms with Gasteiger partial charge in [-0.2, -0.15) is 0 Å². The van der Waals surface area contributed by atoms with E-state index in [1.165, 1.54) is 12.1 Å². The summed E-state index contributed by atoms with van der Waals surface area (Å²) in [6.07, 6.45) is -0.178. The Kier molecular flexibility index (Phi) is 4.19. The molecule has 0 fully saturated rings. The van der Waals surface area contributed by atoms with Crippen molar-refractivity contribution >= 4 is 17.3 Å². The lowest BCUT2D eigenvalue weighted by molar-refractivity contribution is -0.385. The van der Waals surface area contributed by atoms with Crippen molar-refractivity contribution in [3.05, 3.63) is 44.3 Å². The fraction of sp³-hybridized carbons (Fsp3) is 0.222. The van der Waals surface area contributed by atoms with E-state index in [1.807, 2.05) is 0 Å². The summed E-state index contributed by atoms with van der Waals surface area (Å²) in [4.78, 5) is 23.2. The molecular formula is C9H9N5O4. The van der Waals surface area contributed by atoms with Crippen LogP contribution in [0.2, 0.25) is 0 Å². The van der Waals surface area contributed by atoms with Crippen LogP contribution in [-0.4, -0.2) is 22.0 Å². The minimum absolute atomic E-state index is 0.0804. The van der Waals surface area contributed by atoms with E-state index in [9.17, 15) is 14.9 Å². The van der Waals surface area contributed by atoms with Gasteiger partial charge in [0, 0.05) is 28.6 Å². The summed E-state index contributed by atoms with van der Waals surface area (Å²) < 4.78 is 0. The molecule has 0 aliphatic carbocycles. The predicted molar refractivity (Wildman–Crippen MR) is 61.2 cm³/mol. The van der Waals surface area contributed by atoms with Crippen LogP contribution in [0.5, 0.6) is 0 Å². The van der Waals surface area contributed by atoms with E-state index in [2.05, 4.69) is 10.0 Å². The number of azide groups is 1. The van der Waals surface area contributed by atoms with Gasteiger partial charge in [0.15, 0.2) is 0 Å². The first-order valence-corrected chi connectivity index (χ1v) is 4.76. The van der Waals surface area contributed by atoms with Gasteiger partial charge in [-0.3, -0.25) is 14.9 Å². The molecule has 0 amide bonds. The Bertz CT molecular complexity index is 538. The van der Waals surface area contributed by atoms with Crippen molar-refractivity contribution in [1.82, 2.24) is 0 Å². The Morgan fingerprint density at radius 2 is 2.33 bits per heavy atom. The summed E-state index contributed by atoms with van der Waals surface area (Å²) in [7, 11) is 0. The highest BCUT2D eigenvalue weighted by Gasteiger charge is 2.20. The molecular weight excluding hydrogens is 242 g/mol. The second-order valence-corrected chi connectivity index (χ2v) is 3.41. The quantitative estimate of drug-likeness (QED) is 0.266. The number of carboxylic acids is 1. The van der Waals surface area contributed by atoms with Crippen LogP contribution in [0.1, 0.15) is 5.56 Å². The lowest BCUT2D eigenvalue weighted by Gasteiger charge is -2.07. The van der Waals surface area contributed by atoms with Crippen LogP contribution in [0.15, 0.2) is 23.3 Å². The number of hydrogen-bond donors (Lipinski definition) is 2. The van der Waals surface area contributed by atoms with Crippen LogP contribution in [-0.2, 0) is 11.2 Å². The highest BCUT2D eigenvalue weighted by atomic mass is 16.6. The van der Waals surface area contributed by atoms with Gasteiger partial charge in [-0.05, 0) is 5.53 Å². The number of carbonyl (C=O) groups is 1. The van der Waals surface area contributed by atoms with E-state index < -0.39 is 16.9 Å². The predicted octanol–water partition coefficient (Wildman–Crippen LogP) is 1.49. The maximum Gasteiger partial charge on any atom is 0.320 e. The fourth-order valence-electron chi connectivity index (χ4n) is 1.33. The molecule has 3 N–H and O–H groups in total. The van der Waals surface area contributed by atoms with E-state index in [-0.39, 0.29) is 23.4 Å². The summed E-state index contributed by atoms with van der Waals surface area (Å²) in [5.74, 6) is -1.25. The van der Waals surface area contributed by atoms with Gasteiger partial charge in [-0.15, -0.1) is 0 Å². The van der Waals surface area contributed by atoms with Gasteiger partial charge in [0.1, 0.15) is 6.04 Å². The molecule has 0 saturated carbocycles. The van der Waals surface area contributed by atoms with Crippen molar-refractivity contribution in [1.29, 1.82) is 0 Å². The van der Waals surface area contributed by atoms with Crippen LogP contribution in [0.3, 0.4) is 0 Å². The minimum Gasteiger partial charge on any atom is -0.480 e. The molecule has 94 valence electrons. The molecule has 1 atom stereocenters. The molecule has 9 heteroatoms. The first-order chi connectivity index (χ1) is 8.45. The molecule has 1 unspecified atom stereocenters. The van der Waals surface area contributed by atoms with Crippen LogP contribution in [0, 0.1) is 10.1 Å². The monoisotopic (exact) mass is 251 g/mol. The molecule has 9 nitrogen and oxygen atoms in total. The lowest BCUT2D eigenvalue weighted by Crippen LogP contribution is -2.32. The van der Waals surface area contributed by atoms with E-state index in [0.717, 1.165) is 6.07 Å². The number of rotatable bonds is 5. The van der Waals surface area contributed by atoms with Crippen LogP contribution in [0.25, 0.3) is 10.4 Å². The number of nitro benzene ring substituents is 1. The maximum atomic E-state index is 10.8. The smallest absolute Gasteiger partial charge is 0.320 e. The summed E-state index contributed by atoms with van der Waals surface area (Å²) in [5.41, 5.74) is 13.5. The van der Waals surface area contributed by atoms with Crippen molar-refractivity contribution in [2.24, 2.45) is 10.8 Å². The Hall–Kier alpha value is -2.64. The number of nitrogens with two attached hydrogens (primary N) is 1. The Balaban J connectivity index is 3.15. The zero-order chi connectivity index (χ0) is 13.7. The molecule has 0 saturated heterocycles. The van der Waals surface area contributed by atoms with Crippen molar-refractivity contribution in [3.63, 3.8) is 0 Å². The summed E-state index contributed by atoms with van der Waals surface area (Å²) in [6, 6.07) is 2.53. The largest absolute Gasteiger partial charge is 0.480 e. The molecule has 1 rings (SSSR count). The summed E-state index contributed by atoms with van der Waals surface area (Å²) in [6.45, 7) is 0. The zero-order valence-electron chi connectivity index (χ0n) is 9.05. The Morgan fingerprint density at radius 3 is 2.83 bits per heavy atom. The third-order valence-corrected chi connectivity index (χ3v) is 2.18. The van der Waals surface area contributed by atoms with E-state index >= 15 is 0 Å². The zero-order valence-corrected chi connectivity index (χ0v) is 9.05. The molecule has 18 heavy (non-hydrogen) atoms. The molecule has 0 spiro atoms. The highest BCUT2D eigenvalue weighted by molar-refractivity contribution is 5.74. The van der Waals surface area contributed by atoms with Gasteiger partial charge in [-0.1, -0.05) is 17.2 Å². The molecule has 0 aromatic heterocycles. The van der Waals surface area contributed by atoms with Crippen LogP contribution in [0.4, 0.5) is 11.4 Å². The maximum absolute atomic E-state index is 10.8. The van der Waals surface area contributed by atoms with Crippen molar-refractivity contribution in [2.75, 3.05) is 0 Å². The third kappa shape index (κ3) is 3.17. The molecule has 0 bridgehead atoms. The topological polar surface area (TPSA) is 155 Å². The molecule has 0 heterocycles. The van der Waals surface area contributed by atoms with Crippen molar-refractivity contribution < 1.29 is 14.8 Å². The normalized spacial score (nSPS) is 11.4. The third-order valence-electron chi connectivity index (χ3n) is 2.18. The molecule has 1 aromatic carbocycles. The number of aliphatic carboxylic acids is 1. The molecule has 0 aliphatic heterocycles. The Morgan fingerprint density at radius 1 is 1.67 bits per heavy atom. The average Bonchev–Trinajstić information content (AvgIpc) is 2.30. The summed E-state index contributed by atoms with van der Waals surface area (Å²) in [5, 5.41) is 22.7. The standard InChI is InChI=1S/C9H9N5O4/c10-7(9(15)16)3-5-1-2-6(12-13-11)4-8(5)14(17)18/h1-2,4,7H,3,10H2,(H,15,16). The SMILES string of the molecule is [N-]=[N+]=Nc1ccc(CC(N)C(=O)O)c([N+](=O)[O-])c1. The van der Waals surface area contributed by atoms with Gasteiger partial charge in [-0.25, -0.2) is 0 Å². The summed E-state index contributed by atoms with van der Waals surface area (Å²) >= 11 is 0. The number of hydrogen-bond acceptors (Lipinski definition) is 5. The number of nitrogens with zero attached hydrogens (tertiary/aromatic N) is 4. The number of carboxylic acid groups (broad SMARTS) is 1. The van der Waals surface area contributed by atoms with Crippen LogP contribution < -0.4 is 5.73 Å².